The number of fused-ring (bicyclic) bond motifs is 1. The zero-order valence-electron chi connectivity index (χ0n) is 11.0. The summed E-state index contributed by atoms with van der Waals surface area (Å²) in [6, 6.07) is 9.25. The minimum atomic E-state index is -1.02. The van der Waals surface area contributed by atoms with Crippen LogP contribution in [0.4, 0.5) is 5.82 Å². The van der Waals surface area contributed by atoms with Gasteiger partial charge in [-0.15, -0.1) is 0 Å². The Morgan fingerprint density at radius 3 is 2.65 bits per heavy atom. The number of carboxylic acid groups (broad SMARTS) is 1. The molecule has 0 aliphatic carbocycles. The van der Waals surface area contributed by atoms with Crippen LogP contribution in [0.15, 0.2) is 30.3 Å². The Hall–Kier alpha value is -2.14. The molecule has 0 unspecified atom stereocenters. The lowest BCUT2D eigenvalue weighted by Gasteiger charge is -2.31. The van der Waals surface area contributed by atoms with Gasteiger partial charge >= 0.3 is 5.97 Å². The number of nitrogens with zero attached hydrogens (tertiary/aromatic N) is 2. The summed E-state index contributed by atoms with van der Waals surface area (Å²) in [5, 5.41) is 20.6. The molecule has 2 heterocycles. The number of aromatic nitrogens is 1. The van der Waals surface area contributed by atoms with Gasteiger partial charge in [0.15, 0.2) is 5.69 Å². The molecule has 1 aromatic heterocycles. The molecule has 0 amide bonds. The van der Waals surface area contributed by atoms with Crippen LogP contribution < -0.4 is 4.90 Å². The predicted molar refractivity (Wildman–Crippen MR) is 76.2 cm³/mol. The van der Waals surface area contributed by atoms with Crippen molar-refractivity contribution in [1.29, 1.82) is 0 Å². The van der Waals surface area contributed by atoms with Gasteiger partial charge in [-0.1, -0.05) is 24.3 Å². The van der Waals surface area contributed by atoms with Crippen LogP contribution in [-0.2, 0) is 0 Å². The van der Waals surface area contributed by atoms with Gasteiger partial charge in [-0.2, -0.15) is 0 Å². The van der Waals surface area contributed by atoms with Crippen LogP contribution in [0.5, 0.6) is 0 Å². The minimum Gasteiger partial charge on any atom is -0.477 e. The molecule has 104 valence electrons. The first-order valence-corrected chi connectivity index (χ1v) is 6.71. The first kappa shape index (κ1) is 12.9. The van der Waals surface area contributed by atoms with Gasteiger partial charge in [-0.05, 0) is 24.3 Å². The number of carbonyl (C=O) groups is 1. The fraction of sp³-hybridized carbons (Fsp3) is 0.333. The maximum atomic E-state index is 11.2. The van der Waals surface area contributed by atoms with Crippen LogP contribution in [0.2, 0.25) is 0 Å². The topological polar surface area (TPSA) is 73.7 Å². The number of aromatic carboxylic acids is 1. The van der Waals surface area contributed by atoms with Crippen molar-refractivity contribution in [2.45, 2.75) is 18.9 Å². The van der Waals surface area contributed by atoms with Crippen LogP contribution >= 0.6 is 0 Å². The van der Waals surface area contributed by atoms with Crippen molar-refractivity contribution in [2.75, 3.05) is 18.0 Å². The van der Waals surface area contributed by atoms with Gasteiger partial charge in [0.2, 0.25) is 0 Å². The van der Waals surface area contributed by atoms with E-state index in [1.807, 2.05) is 24.3 Å². The Kier molecular flexibility index (Phi) is 3.28. The maximum Gasteiger partial charge on any atom is 0.354 e. The first-order chi connectivity index (χ1) is 9.65. The van der Waals surface area contributed by atoms with E-state index < -0.39 is 5.97 Å². The molecule has 1 aliphatic rings. The molecule has 0 atom stereocenters. The van der Waals surface area contributed by atoms with Crippen molar-refractivity contribution in [1.82, 2.24) is 4.98 Å². The van der Waals surface area contributed by atoms with Crippen molar-refractivity contribution in [3.8, 4) is 0 Å². The third-order valence-electron chi connectivity index (χ3n) is 3.70. The molecule has 3 rings (SSSR count). The van der Waals surface area contributed by atoms with Crippen molar-refractivity contribution < 1.29 is 15.0 Å². The molecule has 1 fully saturated rings. The number of anilines is 1. The molecule has 0 spiro atoms. The van der Waals surface area contributed by atoms with Crippen molar-refractivity contribution >= 4 is 22.6 Å². The van der Waals surface area contributed by atoms with Gasteiger partial charge in [-0.25, -0.2) is 9.78 Å². The summed E-state index contributed by atoms with van der Waals surface area (Å²) in [5.41, 5.74) is 0.0600. The third kappa shape index (κ3) is 2.32. The normalized spacial score (nSPS) is 16.6. The predicted octanol–water partition coefficient (Wildman–Crippen LogP) is 1.89. The molecule has 20 heavy (non-hydrogen) atoms. The van der Waals surface area contributed by atoms with E-state index in [9.17, 15) is 15.0 Å². The van der Waals surface area contributed by atoms with Crippen molar-refractivity contribution in [3.63, 3.8) is 0 Å². The Bertz CT molecular complexity index is 649. The van der Waals surface area contributed by atoms with Crippen LogP contribution in [-0.4, -0.2) is 40.4 Å². The molecule has 5 heteroatoms. The lowest BCUT2D eigenvalue weighted by molar-refractivity contribution is 0.0690. The molecular formula is C15H16N2O3. The number of carboxylic acids is 1. The Morgan fingerprint density at radius 2 is 1.95 bits per heavy atom. The summed E-state index contributed by atoms with van der Waals surface area (Å²) in [6.07, 6.45) is 1.11. The summed E-state index contributed by atoms with van der Waals surface area (Å²) in [7, 11) is 0. The highest BCUT2D eigenvalue weighted by Crippen LogP contribution is 2.28. The van der Waals surface area contributed by atoms with E-state index in [-0.39, 0.29) is 11.8 Å². The molecular weight excluding hydrogens is 256 g/mol. The largest absolute Gasteiger partial charge is 0.477 e. The monoisotopic (exact) mass is 272 g/mol. The number of rotatable bonds is 2. The highest BCUT2D eigenvalue weighted by molar-refractivity contribution is 5.98. The Morgan fingerprint density at radius 1 is 1.25 bits per heavy atom. The Balaban J connectivity index is 2.10. The second-order valence-corrected chi connectivity index (χ2v) is 5.08. The SMILES string of the molecule is O=C(O)c1cc2ccccc2c(N2CCC(O)CC2)n1. The average Bonchev–Trinajstić information content (AvgIpc) is 2.47. The van der Waals surface area contributed by atoms with Gasteiger partial charge in [0.25, 0.3) is 0 Å². The van der Waals surface area contributed by atoms with E-state index in [1.54, 1.807) is 6.07 Å². The standard InChI is InChI=1S/C15H16N2O3/c18-11-5-7-17(8-6-11)14-12-4-2-1-3-10(12)9-13(16-14)15(19)20/h1-4,9,11,18H,5-8H2,(H,19,20). The van der Waals surface area contributed by atoms with Gasteiger partial charge < -0.3 is 15.1 Å². The van der Waals surface area contributed by atoms with Crippen LogP contribution in [0, 0.1) is 0 Å². The minimum absolute atomic E-state index is 0.0600. The van der Waals surface area contributed by atoms with Gasteiger partial charge in [0.1, 0.15) is 5.82 Å². The molecule has 2 aromatic rings. The van der Waals surface area contributed by atoms with E-state index in [0.717, 1.165) is 10.8 Å². The summed E-state index contributed by atoms with van der Waals surface area (Å²) < 4.78 is 0. The van der Waals surface area contributed by atoms with Gasteiger partial charge in [0.05, 0.1) is 6.10 Å². The molecule has 1 aliphatic heterocycles. The maximum absolute atomic E-state index is 11.2. The second-order valence-electron chi connectivity index (χ2n) is 5.08. The molecule has 2 N–H and O–H groups in total. The first-order valence-electron chi connectivity index (χ1n) is 6.71. The quantitative estimate of drug-likeness (QED) is 0.873. The number of pyridine rings is 1. The zero-order valence-corrected chi connectivity index (χ0v) is 11.0. The number of hydrogen-bond donors (Lipinski definition) is 2. The molecule has 0 bridgehead atoms. The van der Waals surface area contributed by atoms with Crippen LogP contribution in [0.1, 0.15) is 23.3 Å². The average molecular weight is 272 g/mol. The summed E-state index contributed by atoms with van der Waals surface area (Å²) in [5.74, 6) is -0.318. The number of hydrogen-bond acceptors (Lipinski definition) is 4. The van der Waals surface area contributed by atoms with E-state index in [2.05, 4.69) is 9.88 Å². The van der Waals surface area contributed by atoms with Gasteiger partial charge in [0, 0.05) is 18.5 Å². The van der Waals surface area contributed by atoms with E-state index in [1.165, 1.54) is 0 Å². The number of benzene rings is 1. The summed E-state index contributed by atoms with van der Waals surface area (Å²) in [4.78, 5) is 17.6. The third-order valence-corrected chi connectivity index (χ3v) is 3.70. The molecule has 0 radical (unpaired) electrons. The zero-order chi connectivity index (χ0) is 14.1. The highest BCUT2D eigenvalue weighted by atomic mass is 16.4. The lowest BCUT2D eigenvalue weighted by Crippen LogP contribution is -2.36. The van der Waals surface area contributed by atoms with Crippen LogP contribution in [0.25, 0.3) is 10.8 Å². The molecule has 0 saturated carbocycles. The highest BCUT2D eigenvalue weighted by Gasteiger charge is 2.21. The number of aliphatic hydroxyl groups excluding tert-OH is 1. The van der Waals surface area contributed by atoms with Gasteiger partial charge in [-0.3, -0.25) is 0 Å². The summed E-state index contributed by atoms with van der Waals surface area (Å²) in [6.45, 7) is 1.39. The molecule has 1 aromatic carbocycles. The number of aliphatic hydroxyl groups is 1. The van der Waals surface area contributed by atoms with E-state index in [4.69, 9.17) is 0 Å². The molecule has 1 saturated heterocycles. The second kappa shape index (κ2) is 5.09. The van der Waals surface area contributed by atoms with E-state index in [0.29, 0.717) is 31.7 Å². The lowest BCUT2D eigenvalue weighted by atomic mass is 10.1. The van der Waals surface area contributed by atoms with Crippen molar-refractivity contribution in [2.24, 2.45) is 0 Å². The Labute approximate surface area is 116 Å². The smallest absolute Gasteiger partial charge is 0.354 e. The van der Waals surface area contributed by atoms with Crippen LogP contribution in [0.3, 0.4) is 0 Å². The van der Waals surface area contributed by atoms with E-state index >= 15 is 0 Å². The fourth-order valence-corrected chi connectivity index (χ4v) is 2.61. The van der Waals surface area contributed by atoms with Crippen molar-refractivity contribution in [3.05, 3.63) is 36.0 Å². The fourth-order valence-electron chi connectivity index (χ4n) is 2.61. The number of piperidine rings is 1. The molecule has 5 nitrogen and oxygen atoms in total. The summed E-state index contributed by atoms with van der Waals surface area (Å²) >= 11 is 0.